The summed E-state index contributed by atoms with van der Waals surface area (Å²) in [5, 5.41) is 9.57. The highest BCUT2D eigenvalue weighted by molar-refractivity contribution is 9.10. The summed E-state index contributed by atoms with van der Waals surface area (Å²) in [5.74, 6) is 0.0494. The smallest absolute Gasteiger partial charge is 0.335 e. The van der Waals surface area contributed by atoms with Crippen molar-refractivity contribution < 1.29 is 24.2 Å². The molecule has 0 radical (unpaired) electrons. The van der Waals surface area contributed by atoms with Gasteiger partial charge in [-0.05, 0) is 73.6 Å². The molecule has 7 nitrogen and oxygen atoms in total. The molecule has 1 aliphatic rings. The number of amidine groups is 1. The number of ether oxygens (including phenoxy) is 2. The minimum atomic E-state index is -0.999. The van der Waals surface area contributed by atoms with Gasteiger partial charge in [-0.2, -0.15) is 0 Å². The van der Waals surface area contributed by atoms with Crippen molar-refractivity contribution in [2.45, 2.75) is 13.8 Å². The van der Waals surface area contributed by atoms with Crippen LogP contribution in [0, 0.1) is 0 Å². The highest BCUT2D eigenvalue weighted by Crippen LogP contribution is 2.38. The van der Waals surface area contributed by atoms with E-state index in [1.165, 1.54) is 23.9 Å². The van der Waals surface area contributed by atoms with E-state index in [-0.39, 0.29) is 11.5 Å². The first kappa shape index (κ1) is 22.9. The molecule has 0 unspecified atom stereocenters. The first-order valence-corrected chi connectivity index (χ1v) is 11.1. The highest BCUT2D eigenvalue weighted by atomic mass is 79.9. The third-order valence-corrected chi connectivity index (χ3v) is 6.11. The maximum atomic E-state index is 12.9. The number of aromatic carboxylic acids is 1. The number of carboxylic acid groups (broad SMARTS) is 1. The maximum absolute atomic E-state index is 12.9. The van der Waals surface area contributed by atoms with Gasteiger partial charge in [0.05, 0.1) is 29.9 Å². The zero-order valence-electron chi connectivity index (χ0n) is 17.2. The number of likely N-dealkylation sites (N-methyl/N-ethyl adjacent to an activating group) is 1. The average Bonchev–Trinajstić information content (AvgIpc) is 3.04. The lowest BCUT2D eigenvalue weighted by Gasteiger charge is -2.12. The number of carbonyl (C=O) groups excluding carboxylic acids is 1. The van der Waals surface area contributed by atoms with Crippen LogP contribution in [0.2, 0.25) is 0 Å². The molecule has 0 spiro atoms. The summed E-state index contributed by atoms with van der Waals surface area (Å²) in [4.78, 5) is 30.6. The molecule has 0 aromatic heterocycles. The lowest BCUT2D eigenvalue weighted by molar-refractivity contribution is -0.122. The van der Waals surface area contributed by atoms with E-state index in [0.717, 1.165) is 10.0 Å². The molecular weight excluding hydrogens is 484 g/mol. The molecule has 1 saturated heterocycles. The van der Waals surface area contributed by atoms with Gasteiger partial charge in [-0.1, -0.05) is 15.9 Å². The van der Waals surface area contributed by atoms with Gasteiger partial charge in [0, 0.05) is 11.0 Å². The van der Waals surface area contributed by atoms with Crippen molar-refractivity contribution in [1.82, 2.24) is 4.90 Å². The number of carboxylic acids is 1. The molecule has 0 bridgehead atoms. The van der Waals surface area contributed by atoms with E-state index in [4.69, 9.17) is 14.6 Å². The summed E-state index contributed by atoms with van der Waals surface area (Å²) in [6, 6.07) is 9.83. The number of carbonyl (C=O) groups is 2. The Balaban J connectivity index is 1.94. The van der Waals surface area contributed by atoms with Crippen molar-refractivity contribution >= 4 is 56.5 Å². The molecule has 1 N–H and O–H groups in total. The molecule has 1 heterocycles. The molecule has 2 aromatic carbocycles. The molecule has 0 aliphatic carbocycles. The normalized spacial score (nSPS) is 16.3. The van der Waals surface area contributed by atoms with Crippen molar-refractivity contribution in [2.75, 3.05) is 20.3 Å². The van der Waals surface area contributed by atoms with Crippen LogP contribution >= 0.6 is 27.7 Å². The van der Waals surface area contributed by atoms with Crippen molar-refractivity contribution in [3.63, 3.8) is 0 Å². The Morgan fingerprint density at radius 3 is 2.52 bits per heavy atom. The Hall–Kier alpha value is -2.78. The van der Waals surface area contributed by atoms with Crippen LogP contribution in [0.25, 0.3) is 6.08 Å². The van der Waals surface area contributed by atoms with Gasteiger partial charge in [-0.15, -0.1) is 0 Å². The number of thioether (sulfide) groups is 1. The standard InChI is InChI=1S/C22H21BrN2O5S/c1-4-25-20(26)19(11-14-10-17(29-3)18(30-5-2)12-16(14)23)31-22(25)24-15-8-6-13(7-9-15)21(27)28/h6-12H,4-5H2,1-3H3,(H,27,28). The van der Waals surface area contributed by atoms with E-state index in [1.54, 1.807) is 30.2 Å². The van der Waals surface area contributed by atoms with Crippen molar-refractivity contribution in [3.8, 4) is 11.5 Å². The van der Waals surface area contributed by atoms with Crippen LogP contribution in [0.1, 0.15) is 29.8 Å². The molecule has 1 aliphatic heterocycles. The SMILES string of the molecule is CCOc1cc(Br)c(C=C2SC(=Nc3ccc(C(=O)O)cc3)N(CC)C2=O)cc1OC. The van der Waals surface area contributed by atoms with Crippen molar-refractivity contribution in [2.24, 2.45) is 4.99 Å². The fourth-order valence-corrected chi connectivity index (χ4v) is 4.38. The van der Waals surface area contributed by atoms with Crippen LogP contribution in [-0.2, 0) is 4.79 Å². The van der Waals surface area contributed by atoms with E-state index in [0.29, 0.717) is 40.4 Å². The fraction of sp³-hybridized carbons (Fsp3) is 0.227. The quantitative estimate of drug-likeness (QED) is 0.522. The van der Waals surface area contributed by atoms with E-state index >= 15 is 0 Å². The number of methoxy groups -OCH3 is 1. The second kappa shape index (κ2) is 10.0. The molecule has 0 atom stereocenters. The molecular formula is C22H21BrN2O5S. The lowest BCUT2D eigenvalue weighted by Crippen LogP contribution is -2.28. The first-order valence-electron chi connectivity index (χ1n) is 9.51. The minimum absolute atomic E-state index is 0.145. The Kier molecular flexibility index (Phi) is 7.40. The number of aliphatic imine (C=N–C) groups is 1. The van der Waals surface area contributed by atoms with Gasteiger partial charge >= 0.3 is 5.97 Å². The number of hydrogen-bond acceptors (Lipinski definition) is 6. The second-order valence-electron chi connectivity index (χ2n) is 6.36. The van der Waals surface area contributed by atoms with Crippen LogP contribution in [0.5, 0.6) is 11.5 Å². The molecule has 162 valence electrons. The molecule has 0 saturated carbocycles. The third kappa shape index (κ3) is 5.11. The Bertz CT molecular complexity index is 1070. The van der Waals surface area contributed by atoms with Gasteiger partial charge in [0.1, 0.15) is 0 Å². The molecule has 2 aromatic rings. The zero-order valence-corrected chi connectivity index (χ0v) is 19.6. The van der Waals surface area contributed by atoms with E-state index in [9.17, 15) is 9.59 Å². The molecule has 9 heteroatoms. The summed E-state index contributed by atoms with van der Waals surface area (Å²) >= 11 is 4.80. The maximum Gasteiger partial charge on any atom is 0.335 e. The topological polar surface area (TPSA) is 88.4 Å². The predicted octanol–water partition coefficient (Wildman–Crippen LogP) is 5.18. The summed E-state index contributed by atoms with van der Waals surface area (Å²) in [7, 11) is 1.57. The van der Waals surface area contributed by atoms with Gasteiger partial charge < -0.3 is 14.6 Å². The molecule has 1 fully saturated rings. The summed E-state index contributed by atoms with van der Waals surface area (Å²) in [6.45, 7) is 4.74. The highest BCUT2D eigenvalue weighted by Gasteiger charge is 2.32. The average molecular weight is 505 g/mol. The number of nitrogens with zero attached hydrogens (tertiary/aromatic N) is 2. The van der Waals surface area contributed by atoms with Gasteiger partial charge in [0.2, 0.25) is 0 Å². The number of halogens is 1. The second-order valence-corrected chi connectivity index (χ2v) is 8.23. The molecule has 3 rings (SSSR count). The van der Waals surface area contributed by atoms with Crippen LogP contribution in [-0.4, -0.2) is 47.3 Å². The molecule has 31 heavy (non-hydrogen) atoms. The van der Waals surface area contributed by atoms with Crippen LogP contribution in [0.15, 0.2) is 50.8 Å². The number of rotatable bonds is 7. The van der Waals surface area contributed by atoms with Crippen molar-refractivity contribution in [1.29, 1.82) is 0 Å². The van der Waals surface area contributed by atoms with Gasteiger partial charge in [-0.25, -0.2) is 9.79 Å². The van der Waals surface area contributed by atoms with Crippen LogP contribution < -0.4 is 9.47 Å². The fourth-order valence-electron chi connectivity index (χ4n) is 2.89. The third-order valence-electron chi connectivity index (χ3n) is 4.41. The largest absolute Gasteiger partial charge is 0.493 e. The summed E-state index contributed by atoms with van der Waals surface area (Å²) in [5.41, 5.74) is 1.53. The van der Waals surface area contributed by atoms with Crippen LogP contribution in [0.4, 0.5) is 5.69 Å². The monoisotopic (exact) mass is 504 g/mol. The van der Waals surface area contributed by atoms with E-state index in [1.807, 2.05) is 26.0 Å². The lowest BCUT2D eigenvalue weighted by atomic mass is 10.2. The van der Waals surface area contributed by atoms with Gasteiger partial charge in [0.15, 0.2) is 16.7 Å². The summed E-state index contributed by atoms with van der Waals surface area (Å²) < 4.78 is 11.8. The first-order chi connectivity index (χ1) is 14.9. The van der Waals surface area contributed by atoms with E-state index in [2.05, 4.69) is 20.9 Å². The molecule has 1 amide bonds. The van der Waals surface area contributed by atoms with Crippen LogP contribution in [0.3, 0.4) is 0 Å². The van der Waals surface area contributed by atoms with Gasteiger partial charge in [0.25, 0.3) is 5.91 Å². The number of benzene rings is 2. The van der Waals surface area contributed by atoms with Gasteiger partial charge in [-0.3, -0.25) is 9.69 Å². The minimum Gasteiger partial charge on any atom is -0.493 e. The predicted molar refractivity (Wildman–Crippen MR) is 125 cm³/mol. The Labute approximate surface area is 192 Å². The number of hydrogen-bond donors (Lipinski definition) is 1. The van der Waals surface area contributed by atoms with E-state index < -0.39 is 5.97 Å². The Morgan fingerprint density at radius 2 is 1.94 bits per heavy atom. The number of amides is 1. The zero-order chi connectivity index (χ0) is 22.5. The Morgan fingerprint density at radius 1 is 1.23 bits per heavy atom. The van der Waals surface area contributed by atoms with Crippen molar-refractivity contribution in [3.05, 3.63) is 56.9 Å². The summed E-state index contributed by atoms with van der Waals surface area (Å²) in [6.07, 6.45) is 1.79.